The minimum atomic E-state index is 0.00987. The van der Waals surface area contributed by atoms with E-state index in [0.717, 1.165) is 28.1 Å². The Morgan fingerprint density at radius 1 is 1.17 bits per heavy atom. The molecular weight excluding hydrogens is 248 g/mol. The number of benzene rings is 1. The van der Waals surface area contributed by atoms with Gasteiger partial charge in [-0.2, -0.15) is 0 Å². The second-order valence-electron chi connectivity index (χ2n) is 4.74. The highest BCUT2D eigenvalue weighted by molar-refractivity contribution is 8.14. The fourth-order valence-corrected chi connectivity index (χ4v) is 2.71. The molecule has 1 aromatic rings. The number of anilines is 1. The van der Waals surface area contributed by atoms with E-state index in [2.05, 4.69) is 24.2 Å². The molecule has 0 fully saturated rings. The Labute approximate surface area is 112 Å². The monoisotopic (exact) mass is 266 g/mol. The number of ether oxygens (including phenoxy) is 2. The van der Waals surface area contributed by atoms with Crippen molar-refractivity contribution >= 4 is 22.6 Å². The van der Waals surface area contributed by atoms with E-state index >= 15 is 0 Å². The molecular formula is C13H18N2O2S. The molecule has 5 heteroatoms. The summed E-state index contributed by atoms with van der Waals surface area (Å²) in [4.78, 5) is 4.61. The van der Waals surface area contributed by atoms with Gasteiger partial charge in [0.1, 0.15) is 11.5 Å². The number of amidine groups is 1. The van der Waals surface area contributed by atoms with Crippen molar-refractivity contribution in [1.29, 1.82) is 0 Å². The van der Waals surface area contributed by atoms with Crippen LogP contribution in [0.2, 0.25) is 0 Å². The van der Waals surface area contributed by atoms with Crippen molar-refractivity contribution < 1.29 is 9.47 Å². The standard InChI is InChI=1S/C13H18N2O2S/c1-13(2)8-18-12(15-13)14-9-5-10(16-3)7-11(6-9)17-4/h5-7H,8H2,1-4H3,(H,14,15). The second kappa shape index (κ2) is 5.10. The molecule has 1 heterocycles. The Morgan fingerprint density at radius 3 is 2.22 bits per heavy atom. The van der Waals surface area contributed by atoms with Gasteiger partial charge in [0, 0.05) is 29.6 Å². The normalized spacial score (nSPS) is 17.2. The van der Waals surface area contributed by atoms with Crippen molar-refractivity contribution in [3.05, 3.63) is 18.2 Å². The molecule has 0 amide bonds. The summed E-state index contributed by atoms with van der Waals surface area (Å²) in [7, 11) is 3.28. The lowest BCUT2D eigenvalue weighted by molar-refractivity contribution is 0.395. The van der Waals surface area contributed by atoms with Gasteiger partial charge in [-0.25, -0.2) is 0 Å². The lowest BCUT2D eigenvalue weighted by Crippen LogP contribution is -2.15. The van der Waals surface area contributed by atoms with Crippen molar-refractivity contribution in [2.75, 3.05) is 25.3 Å². The summed E-state index contributed by atoms with van der Waals surface area (Å²) in [5.41, 5.74) is 0.936. The molecule has 0 aromatic heterocycles. The Balaban J connectivity index is 2.19. The lowest BCUT2D eigenvalue weighted by atomic mass is 10.1. The molecule has 0 atom stereocenters. The van der Waals surface area contributed by atoms with Gasteiger partial charge in [0.05, 0.1) is 19.8 Å². The zero-order chi connectivity index (χ0) is 13.2. The molecule has 1 N–H and O–H groups in total. The molecule has 0 spiro atoms. The topological polar surface area (TPSA) is 42.8 Å². The molecule has 0 saturated carbocycles. The van der Waals surface area contributed by atoms with E-state index in [1.165, 1.54) is 0 Å². The largest absolute Gasteiger partial charge is 0.497 e. The first kappa shape index (κ1) is 13.1. The van der Waals surface area contributed by atoms with Crippen LogP contribution in [-0.4, -0.2) is 30.7 Å². The van der Waals surface area contributed by atoms with Gasteiger partial charge in [-0.3, -0.25) is 4.99 Å². The van der Waals surface area contributed by atoms with Gasteiger partial charge < -0.3 is 14.8 Å². The Kier molecular flexibility index (Phi) is 3.71. The van der Waals surface area contributed by atoms with Crippen molar-refractivity contribution in [1.82, 2.24) is 0 Å². The maximum atomic E-state index is 5.24. The maximum absolute atomic E-state index is 5.24. The van der Waals surface area contributed by atoms with E-state index in [0.29, 0.717) is 0 Å². The lowest BCUT2D eigenvalue weighted by Gasteiger charge is -2.10. The number of methoxy groups -OCH3 is 2. The Hall–Kier alpha value is -1.36. The van der Waals surface area contributed by atoms with Crippen LogP contribution >= 0.6 is 11.8 Å². The number of nitrogens with zero attached hydrogens (tertiary/aromatic N) is 1. The summed E-state index contributed by atoms with van der Waals surface area (Å²) < 4.78 is 10.5. The zero-order valence-corrected chi connectivity index (χ0v) is 11.9. The molecule has 1 aliphatic rings. The van der Waals surface area contributed by atoms with Crippen LogP contribution < -0.4 is 14.8 Å². The van der Waals surface area contributed by atoms with Crippen LogP contribution in [0.3, 0.4) is 0 Å². The van der Waals surface area contributed by atoms with E-state index in [-0.39, 0.29) is 5.54 Å². The highest BCUT2D eigenvalue weighted by Crippen LogP contribution is 2.30. The fraction of sp³-hybridized carbons (Fsp3) is 0.462. The van der Waals surface area contributed by atoms with Crippen LogP contribution in [0.5, 0.6) is 11.5 Å². The van der Waals surface area contributed by atoms with E-state index in [1.54, 1.807) is 26.0 Å². The van der Waals surface area contributed by atoms with Gasteiger partial charge >= 0.3 is 0 Å². The van der Waals surface area contributed by atoms with Crippen LogP contribution in [0.4, 0.5) is 5.69 Å². The number of hydrogen-bond acceptors (Lipinski definition) is 5. The van der Waals surface area contributed by atoms with E-state index < -0.39 is 0 Å². The highest BCUT2D eigenvalue weighted by atomic mass is 32.2. The van der Waals surface area contributed by atoms with Crippen molar-refractivity contribution in [2.24, 2.45) is 4.99 Å². The number of rotatable bonds is 3. The molecule has 1 aromatic carbocycles. The molecule has 4 nitrogen and oxygen atoms in total. The number of thioether (sulfide) groups is 1. The first-order valence-electron chi connectivity index (χ1n) is 5.75. The summed E-state index contributed by atoms with van der Waals surface area (Å²) in [6.07, 6.45) is 0. The van der Waals surface area contributed by atoms with Gasteiger partial charge in [0.15, 0.2) is 5.17 Å². The quantitative estimate of drug-likeness (QED) is 0.913. The molecule has 2 rings (SSSR count). The van der Waals surface area contributed by atoms with Crippen LogP contribution in [0.15, 0.2) is 23.2 Å². The molecule has 0 radical (unpaired) electrons. The number of nitrogens with one attached hydrogen (secondary N) is 1. The molecule has 1 aliphatic heterocycles. The highest BCUT2D eigenvalue weighted by Gasteiger charge is 2.25. The Morgan fingerprint density at radius 2 is 1.78 bits per heavy atom. The first-order valence-corrected chi connectivity index (χ1v) is 6.74. The number of aliphatic imine (C=N–C) groups is 1. The minimum Gasteiger partial charge on any atom is -0.497 e. The van der Waals surface area contributed by atoms with Crippen molar-refractivity contribution in [2.45, 2.75) is 19.4 Å². The van der Waals surface area contributed by atoms with Crippen LogP contribution in [0.25, 0.3) is 0 Å². The summed E-state index contributed by atoms with van der Waals surface area (Å²) in [6.45, 7) is 4.25. The van der Waals surface area contributed by atoms with Crippen LogP contribution in [-0.2, 0) is 0 Å². The Bertz CT molecular complexity index is 450. The predicted molar refractivity (Wildman–Crippen MR) is 77.1 cm³/mol. The predicted octanol–water partition coefficient (Wildman–Crippen LogP) is 3.00. The van der Waals surface area contributed by atoms with E-state index in [4.69, 9.17) is 9.47 Å². The van der Waals surface area contributed by atoms with Crippen LogP contribution in [0, 0.1) is 0 Å². The fourth-order valence-electron chi connectivity index (χ4n) is 1.65. The average Bonchev–Trinajstić information content (AvgIpc) is 2.68. The zero-order valence-electron chi connectivity index (χ0n) is 11.1. The molecule has 98 valence electrons. The molecule has 0 bridgehead atoms. The van der Waals surface area contributed by atoms with Crippen molar-refractivity contribution in [3.8, 4) is 11.5 Å². The van der Waals surface area contributed by atoms with E-state index in [1.807, 2.05) is 18.2 Å². The summed E-state index contributed by atoms with van der Waals surface area (Å²) in [5.74, 6) is 2.52. The van der Waals surface area contributed by atoms with Crippen molar-refractivity contribution in [3.63, 3.8) is 0 Å². The van der Waals surface area contributed by atoms with Gasteiger partial charge in [-0.1, -0.05) is 11.8 Å². The van der Waals surface area contributed by atoms with Gasteiger partial charge in [-0.05, 0) is 13.8 Å². The first-order chi connectivity index (χ1) is 8.52. The molecule has 0 aliphatic carbocycles. The summed E-state index contributed by atoms with van der Waals surface area (Å²) >= 11 is 1.73. The molecule has 18 heavy (non-hydrogen) atoms. The molecule has 0 saturated heterocycles. The van der Waals surface area contributed by atoms with Gasteiger partial charge in [-0.15, -0.1) is 0 Å². The van der Waals surface area contributed by atoms with Gasteiger partial charge in [0.25, 0.3) is 0 Å². The van der Waals surface area contributed by atoms with Gasteiger partial charge in [0.2, 0.25) is 0 Å². The van der Waals surface area contributed by atoms with E-state index in [9.17, 15) is 0 Å². The minimum absolute atomic E-state index is 0.00987. The second-order valence-corrected chi connectivity index (χ2v) is 5.71. The molecule has 0 unspecified atom stereocenters. The summed E-state index contributed by atoms with van der Waals surface area (Å²) in [5, 5.41) is 4.24. The SMILES string of the molecule is COc1cc(NC2=NC(C)(C)CS2)cc(OC)c1. The maximum Gasteiger partial charge on any atom is 0.161 e. The third-order valence-corrected chi connectivity index (χ3v) is 3.89. The number of hydrogen-bond donors (Lipinski definition) is 1. The average molecular weight is 266 g/mol. The third kappa shape index (κ3) is 3.10. The summed E-state index contributed by atoms with van der Waals surface area (Å²) in [6, 6.07) is 5.70. The van der Waals surface area contributed by atoms with Crippen LogP contribution in [0.1, 0.15) is 13.8 Å². The smallest absolute Gasteiger partial charge is 0.161 e. The third-order valence-electron chi connectivity index (χ3n) is 2.57.